The standard InChI is InChI=1S/C21H21N5O3.C2HF3O2/c1-28-19-7-5-14(11-23-19)12-26-17-3-2-4-18(16(17)6-8-21(26)27)29-20-9-15(10-22)24-13-25-20;3-2(4,5)1(6)7/h2-5,7,9,11,13H,6,8,10,12,22H2,1H3;(H,6,7). The zero-order chi connectivity index (χ0) is 26.3. The van der Waals surface area contributed by atoms with Crippen molar-refractivity contribution in [2.75, 3.05) is 12.0 Å². The first-order chi connectivity index (χ1) is 17.1. The predicted octanol–water partition coefficient (Wildman–Crippen LogP) is 3.24. The van der Waals surface area contributed by atoms with Crippen LogP contribution < -0.4 is 20.1 Å². The molecular formula is C23H22F3N5O5. The third kappa shape index (κ3) is 6.66. The third-order valence-corrected chi connectivity index (χ3v) is 5.00. The summed E-state index contributed by atoms with van der Waals surface area (Å²) >= 11 is 0. The lowest BCUT2D eigenvalue weighted by Crippen LogP contribution is -2.34. The van der Waals surface area contributed by atoms with Gasteiger partial charge in [-0.2, -0.15) is 13.2 Å². The van der Waals surface area contributed by atoms with Gasteiger partial charge >= 0.3 is 12.1 Å². The fraction of sp³-hybridized carbons (Fsp3) is 0.261. The molecule has 3 N–H and O–H groups in total. The van der Waals surface area contributed by atoms with Crippen LogP contribution in [0.1, 0.15) is 23.2 Å². The number of methoxy groups -OCH3 is 1. The average molecular weight is 505 g/mol. The molecule has 10 nitrogen and oxygen atoms in total. The third-order valence-electron chi connectivity index (χ3n) is 5.00. The van der Waals surface area contributed by atoms with Crippen molar-refractivity contribution < 1.29 is 37.3 Å². The van der Waals surface area contributed by atoms with Crippen molar-refractivity contribution in [3.8, 4) is 17.5 Å². The van der Waals surface area contributed by atoms with Crippen LogP contribution in [0.4, 0.5) is 18.9 Å². The van der Waals surface area contributed by atoms with Gasteiger partial charge < -0.3 is 25.2 Å². The summed E-state index contributed by atoms with van der Waals surface area (Å²) in [5, 5.41) is 7.12. The number of nitrogens with two attached hydrogens (primary N) is 1. The molecule has 2 aromatic heterocycles. The Morgan fingerprint density at radius 1 is 1.14 bits per heavy atom. The van der Waals surface area contributed by atoms with Gasteiger partial charge in [0.2, 0.25) is 17.7 Å². The summed E-state index contributed by atoms with van der Waals surface area (Å²) < 4.78 is 42.8. The number of carboxylic acid groups (broad SMARTS) is 1. The molecule has 1 aliphatic heterocycles. The van der Waals surface area contributed by atoms with E-state index in [-0.39, 0.29) is 5.91 Å². The molecule has 0 aliphatic carbocycles. The number of ether oxygens (including phenoxy) is 2. The largest absolute Gasteiger partial charge is 0.490 e. The SMILES string of the molecule is COc1ccc(CN2C(=O)CCc3c(Oc4cc(CN)ncn4)cccc32)cn1.O=C(O)C(F)(F)F. The second-order valence-corrected chi connectivity index (χ2v) is 7.40. The molecule has 4 rings (SSSR count). The number of aromatic nitrogens is 3. The van der Waals surface area contributed by atoms with Crippen molar-refractivity contribution in [2.45, 2.75) is 32.1 Å². The smallest absolute Gasteiger partial charge is 0.481 e. The number of carboxylic acids is 1. The van der Waals surface area contributed by atoms with Gasteiger partial charge in [-0.25, -0.2) is 19.7 Å². The van der Waals surface area contributed by atoms with Crippen LogP contribution in [-0.4, -0.2) is 45.2 Å². The van der Waals surface area contributed by atoms with E-state index in [1.165, 1.54) is 6.33 Å². The monoisotopic (exact) mass is 505 g/mol. The molecule has 190 valence electrons. The Bertz CT molecular complexity index is 1220. The number of rotatable bonds is 6. The highest BCUT2D eigenvalue weighted by Gasteiger charge is 2.38. The Morgan fingerprint density at radius 2 is 1.89 bits per heavy atom. The van der Waals surface area contributed by atoms with E-state index in [2.05, 4.69) is 15.0 Å². The molecule has 0 bridgehead atoms. The minimum atomic E-state index is -5.08. The fourth-order valence-electron chi connectivity index (χ4n) is 3.29. The lowest BCUT2D eigenvalue weighted by atomic mass is 9.99. The van der Waals surface area contributed by atoms with Gasteiger partial charge in [-0.3, -0.25) is 4.79 Å². The molecule has 3 aromatic rings. The molecule has 36 heavy (non-hydrogen) atoms. The first-order valence-electron chi connectivity index (χ1n) is 10.5. The van der Waals surface area contributed by atoms with E-state index < -0.39 is 12.1 Å². The zero-order valence-corrected chi connectivity index (χ0v) is 19.0. The van der Waals surface area contributed by atoms with Crippen LogP contribution in [0, 0.1) is 0 Å². The second-order valence-electron chi connectivity index (χ2n) is 7.40. The molecule has 13 heteroatoms. The molecule has 0 unspecified atom stereocenters. The molecule has 0 fully saturated rings. The van der Waals surface area contributed by atoms with Crippen molar-refractivity contribution in [3.63, 3.8) is 0 Å². The van der Waals surface area contributed by atoms with Crippen LogP contribution in [0.5, 0.6) is 17.5 Å². The molecule has 1 aliphatic rings. The van der Waals surface area contributed by atoms with Gasteiger partial charge in [-0.1, -0.05) is 12.1 Å². The number of carbonyl (C=O) groups is 2. The van der Waals surface area contributed by atoms with Gasteiger partial charge in [0.25, 0.3) is 0 Å². The lowest BCUT2D eigenvalue weighted by Gasteiger charge is -2.30. The Labute approximate surface area is 203 Å². The maximum Gasteiger partial charge on any atom is 0.490 e. The summed E-state index contributed by atoms with van der Waals surface area (Å²) in [6.07, 6.45) is -0.916. The number of halogens is 3. The normalized spacial score (nSPS) is 12.8. The molecule has 3 heterocycles. The van der Waals surface area contributed by atoms with E-state index in [0.29, 0.717) is 49.1 Å². The number of anilines is 1. The van der Waals surface area contributed by atoms with Crippen LogP contribution in [0.2, 0.25) is 0 Å². The van der Waals surface area contributed by atoms with Gasteiger partial charge in [0, 0.05) is 36.9 Å². The number of amides is 1. The van der Waals surface area contributed by atoms with Gasteiger partial charge in [-0.15, -0.1) is 0 Å². The summed E-state index contributed by atoms with van der Waals surface area (Å²) in [7, 11) is 1.57. The number of carbonyl (C=O) groups excluding carboxylic acids is 1. The number of hydrogen-bond acceptors (Lipinski definition) is 8. The highest BCUT2D eigenvalue weighted by molar-refractivity contribution is 5.96. The summed E-state index contributed by atoms with van der Waals surface area (Å²) in [5.74, 6) is -1.05. The maximum atomic E-state index is 12.6. The van der Waals surface area contributed by atoms with Gasteiger partial charge in [0.05, 0.1) is 25.0 Å². The molecule has 0 radical (unpaired) electrons. The van der Waals surface area contributed by atoms with Crippen molar-refractivity contribution >= 4 is 17.6 Å². The average Bonchev–Trinajstić information content (AvgIpc) is 2.86. The summed E-state index contributed by atoms with van der Waals surface area (Å²) in [6, 6.07) is 11.1. The minimum absolute atomic E-state index is 0.0675. The number of alkyl halides is 3. The Hall–Kier alpha value is -4.26. The molecular weight excluding hydrogens is 483 g/mol. The van der Waals surface area contributed by atoms with Gasteiger partial charge in [0.1, 0.15) is 12.1 Å². The summed E-state index contributed by atoms with van der Waals surface area (Å²) in [4.78, 5) is 35.8. The first-order valence-corrected chi connectivity index (χ1v) is 10.5. The van der Waals surface area contributed by atoms with Gasteiger partial charge in [0.15, 0.2) is 0 Å². The molecule has 0 atom stereocenters. The number of nitrogens with zero attached hydrogens (tertiary/aromatic N) is 4. The Balaban J connectivity index is 0.000000454. The molecule has 1 amide bonds. The van der Waals surface area contributed by atoms with Crippen LogP contribution in [-0.2, 0) is 29.1 Å². The molecule has 0 saturated carbocycles. The quantitative estimate of drug-likeness (QED) is 0.516. The van der Waals surface area contributed by atoms with Crippen LogP contribution >= 0.6 is 0 Å². The number of pyridine rings is 1. The minimum Gasteiger partial charge on any atom is -0.481 e. The molecule has 0 saturated heterocycles. The van der Waals surface area contributed by atoms with Crippen molar-refractivity contribution in [1.29, 1.82) is 0 Å². The molecule has 1 aromatic carbocycles. The first kappa shape index (κ1) is 26.3. The summed E-state index contributed by atoms with van der Waals surface area (Å²) in [6.45, 7) is 0.737. The van der Waals surface area contributed by atoms with E-state index >= 15 is 0 Å². The van der Waals surface area contributed by atoms with Crippen LogP contribution in [0.3, 0.4) is 0 Å². The van der Waals surface area contributed by atoms with E-state index in [0.717, 1.165) is 16.8 Å². The summed E-state index contributed by atoms with van der Waals surface area (Å²) in [5.41, 5.74) is 9.07. The number of hydrogen-bond donors (Lipinski definition) is 2. The van der Waals surface area contributed by atoms with Crippen molar-refractivity contribution in [3.05, 3.63) is 65.7 Å². The fourth-order valence-corrected chi connectivity index (χ4v) is 3.29. The van der Waals surface area contributed by atoms with Crippen molar-refractivity contribution in [1.82, 2.24) is 15.0 Å². The number of aliphatic carboxylic acids is 1. The van der Waals surface area contributed by atoms with E-state index in [1.807, 2.05) is 24.3 Å². The Kier molecular flexibility index (Phi) is 8.38. The maximum absolute atomic E-state index is 12.6. The van der Waals surface area contributed by atoms with Gasteiger partial charge in [-0.05, 0) is 24.1 Å². The topological polar surface area (TPSA) is 141 Å². The molecule has 0 spiro atoms. The predicted molar refractivity (Wildman–Crippen MR) is 120 cm³/mol. The highest BCUT2D eigenvalue weighted by Crippen LogP contribution is 2.37. The highest BCUT2D eigenvalue weighted by atomic mass is 19.4. The van der Waals surface area contributed by atoms with E-state index in [4.69, 9.17) is 25.1 Å². The lowest BCUT2D eigenvalue weighted by molar-refractivity contribution is -0.192. The second kappa shape index (κ2) is 11.4. The van der Waals surface area contributed by atoms with Crippen LogP contribution in [0.25, 0.3) is 0 Å². The number of benzene rings is 1. The zero-order valence-electron chi connectivity index (χ0n) is 19.0. The van der Waals surface area contributed by atoms with E-state index in [1.54, 1.807) is 30.3 Å². The van der Waals surface area contributed by atoms with Crippen LogP contribution in [0.15, 0.2) is 48.9 Å². The van der Waals surface area contributed by atoms with Crippen molar-refractivity contribution in [2.24, 2.45) is 5.73 Å². The Morgan fingerprint density at radius 3 is 2.50 bits per heavy atom. The van der Waals surface area contributed by atoms with E-state index in [9.17, 15) is 18.0 Å². The number of fused-ring (bicyclic) bond motifs is 1.